The highest BCUT2D eigenvalue weighted by molar-refractivity contribution is 5.76. The van der Waals surface area contributed by atoms with Gasteiger partial charge in [0.1, 0.15) is 17.0 Å². The Balaban J connectivity index is 1.94. The van der Waals surface area contributed by atoms with Crippen molar-refractivity contribution in [3.05, 3.63) is 42.0 Å². The number of nitrogens with zero attached hydrogens (tertiary/aromatic N) is 3. The topological polar surface area (TPSA) is 66.0 Å². The SMILES string of the molecule is CCn1nnc2cc(Oc3ccc(N)cc3C)ccc21. The van der Waals surface area contributed by atoms with Crippen molar-refractivity contribution in [1.82, 2.24) is 15.0 Å². The minimum absolute atomic E-state index is 0.733. The Morgan fingerprint density at radius 3 is 2.80 bits per heavy atom. The zero-order valence-electron chi connectivity index (χ0n) is 11.5. The van der Waals surface area contributed by atoms with Crippen LogP contribution in [0.15, 0.2) is 36.4 Å². The van der Waals surface area contributed by atoms with Crippen molar-refractivity contribution in [2.75, 3.05) is 5.73 Å². The Labute approximate surface area is 117 Å². The van der Waals surface area contributed by atoms with Gasteiger partial charge < -0.3 is 10.5 Å². The molecule has 2 N–H and O–H groups in total. The van der Waals surface area contributed by atoms with Gasteiger partial charge in [-0.25, -0.2) is 4.68 Å². The van der Waals surface area contributed by atoms with Gasteiger partial charge in [-0.3, -0.25) is 0 Å². The van der Waals surface area contributed by atoms with E-state index in [9.17, 15) is 0 Å². The second-order valence-electron chi connectivity index (χ2n) is 4.68. The molecule has 0 unspecified atom stereocenters. The van der Waals surface area contributed by atoms with Crippen LogP contribution in [0, 0.1) is 6.92 Å². The van der Waals surface area contributed by atoms with Crippen LogP contribution in [0.5, 0.6) is 11.5 Å². The Hall–Kier alpha value is -2.56. The highest BCUT2D eigenvalue weighted by Gasteiger charge is 2.06. The zero-order chi connectivity index (χ0) is 14.1. The van der Waals surface area contributed by atoms with Crippen LogP contribution in [-0.4, -0.2) is 15.0 Å². The monoisotopic (exact) mass is 268 g/mol. The molecule has 0 aliphatic heterocycles. The first-order valence-corrected chi connectivity index (χ1v) is 6.54. The molecule has 5 nitrogen and oxygen atoms in total. The van der Waals surface area contributed by atoms with Gasteiger partial charge in [0, 0.05) is 18.3 Å². The van der Waals surface area contributed by atoms with Gasteiger partial charge in [0.05, 0.1) is 5.52 Å². The second-order valence-corrected chi connectivity index (χ2v) is 4.68. The number of fused-ring (bicyclic) bond motifs is 1. The number of hydrogen-bond donors (Lipinski definition) is 1. The first-order valence-electron chi connectivity index (χ1n) is 6.54. The third-order valence-electron chi connectivity index (χ3n) is 3.21. The van der Waals surface area contributed by atoms with Crippen LogP contribution in [0.1, 0.15) is 12.5 Å². The Kier molecular flexibility index (Phi) is 3.02. The van der Waals surface area contributed by atoms with E-state index in [4.69, 9.17) is 10.5 Å². The summed E-state index contributed by atoms with van der Waals surface area (Å²) in [4.78, 5) is 0. The lowest BCUT2D eigenvalue weighted by molar-refractivity contribution is 0.479. The molecule has 0 saturated carbocycles. The molecule has 0 bridgehead atoms. The van der Waals surface area contributed by atoms with E-state index >= 15 is 0 Å². The number of nitrogen functional groups attached to an aromatic ring is 1. The smallest absolute Gasteiger partial charge is 0.130 e. The van der Waals surface area contributed by atoms with Gasteiger partial charge >= 0.3 is 0 Å². The summed E-state index contributed by atoms with van der Waals surface area (Å²) < 4.78 is 7.74. The van der Waals surface area contributed by atoms with E-state index in [1.165, 1.54) is 0 Å². The van der Waals surface area contributed by atoms with Crippen LogP contribution in [0.3, 0.4) is 0 Å². The third kappa shape index (κ3) is 2.18. The number of aromatic nitrogens is 3. The van der Waals surface area contributed by atoms with E-state index in [2.05, 4.69) is 10.3 Å². The molecule has 1 aromatic heterocycles. The lowest BCUT2D eigenvalue weighted by Crippen LogP contribution is -1.95. The number of benzene rings is 2. The van der Waals surface area contributed by atoms with E-state index in [1.807, 2.05) is 54.9 Å². The molecule has 0 fully saturated rings. The molecular formula is C15H16N4O. The number of ether oxygens (including phenoxy) is 1. The normalized spacial score (nSPS) is 10.9. The molecule has 3 rings (SSSR count). The molecule has 102 valence electrons. The van der Waals surface area contributed by atoms with Gasteiger partial charge in [0.25, 0.3) is 0 Å². The maximum absolute atomic E-state index is 5.88. The lowest BCUT2D eigenvalue weighted by Gasteiger charge is -2.09. The summed E-state index contributed by atoms with van der Waals surface area (Å²) in [6.45, 7) is 4.81. The Bertz CT molecular complexity index is 764. The number of anilines is 1. The average molecular weight is 268 g/mol. The maximum Gasteiger partial charge on any atom is 0.130 e. The van der Waals surface area contributed by atoms with E-state index in [0.717, 1.165) is 40.3 Å². The van der Waals surface area contributed by atoms with Crippen molar-refractivity contribution < 1.29 is 4.74 Å². The number of rotatable bonds is 3. The van der Waals surface area contributed by atoms with Crippen LogP contribution < -0.4 is 10.5 Å². The summed E-state index contributed by atoms with van der Waals surface area (Å²) in [7, 11) is 0. The molecule has 0 saturated heterocycles. The van der Waals surface area contributed by atoms with E-state index in [-0.39, 0.29) is 0 Å². The molecule has 5 heteroatoms. The van der Waals surface area contributed by atoms with Crippen LogP contribution in [-0.2, 0) is 6.54 Å². The number of nitrogens with two attached hydrogens (primary N) is 1. The summed E-state index contributed by atoms with van der Waals surface area (Å²) >= 11 is 0. The van der Waals surface area contributed by atoms with Crippen molar-refractivity contribution >= 4 is 16.7 Å². The molecule has 0 radical (unpaired) electrons. The molecule has 2 aromatic carbocycles. The van der Waals surface area contributed by atoms with Crippen molar-refractivity contribution in [1.29, 1.82) is 0 Å². The average Bonchev–Trinajstić information content (AvgIpc) is 2.84. The number of hydrogen-bond acceptors (Lipinski definition) is 4. The van der Waals surface area contributed by atoms with Crippen LogP contribution in [0.2, 0.25) is 0 Å². The maximum atomic E-state index is 5.88. The molecular weight excluding hydrogens is 252 g/mol. The summed E-state index contributed by atoms with van der Waals surface area (Å²) in [5, 5.41) is 8.23. The van der Waals surface area contributed by atoms with Gasteiger partial charge in [-0.2, -0.15) is 0 Å². The summed E-state index contributed by atoms with van der Waals surface area (Å²) in [5.74, 6) is 1.54. The zero-order valence-corrected chi connectivity index (χ0v) is 11.5. The summed E-state index contributed by atoms with van der Waals surface area (Å²) in [6, 6.07) is 11.4. The van der Waals surface area contributed by atoms with Gasteiger partial charge in [-0.15, -0.1) is 5.10 Å². The van der Waals surface area contributed by atoms with Crippen molar-refractivity contribution in [2.24, 2.45) is 0 Å². The van der Waals surface area contributed by atoms with Crippen molar-refractivity contribution in [2.45, 2.75) is 20.4 Å². The van der Waals surface area contributed by atoms with Crippen LogP contribution in [0.4, 0.5) is 5.69 Å². The van der Waals surface area contributed by atoms with Gasteiger partial charge in [-0.1, -0.05) is 5.21 Å². The minimum Gasteiger partial charge on any atom is -0.457 e. The van der Waals surface area contributed by atoms with Gasteiger partial charge in [-0.05, 0) is 49.7 Å². The highest BCUT2D eigenvalue weighted by Crippen LogP contribution is 2.28. The second kappa shape index (κ2) is 4.85. The van der Waals surface area contributed by atoms with Crippen LogP contribution >= 0.6 is 0 Å². The highest BCUT2D eigenvalue weighted by atomic mass is 16.5. The first kappa shape index (κ1) is 12.5. The Morgan fingerprint density at radius 2 is 2.05 bits per heavy atom. The molecule has 20 heavy (non-hydrogen) atoms. The van der Waals surface area contributed by atoms with E-state index < -0.39 is 0 Å². The standard InChI is InChI=1S/C15H16N4O/c1-3-19-14-6-5-12(9-13(14)17-18-19)20-15-7-4-11(16)8-10(15)2/h4-9H,3,16H2,1-2H3. The summed E-state index contributed by atoms with van der Waals surface area (Å²) in [5.41, 5.74) is 9.31. The van der Waals surface area contributed by atoms with Crippen molar-refractivity contribution in [3.8, 4) is 11.5 Å². The van der Waals surface area contributed by atoms with E-state index in [0.29, 0.717) is 0 Å². The van der Waals surface area contributed by atoms with Crippen molar-refractivity contribution in [3.63, 3.8) is 0 Å². The first-order chi connectivity index (χ1) is 9.67. The fourth-order valence-electron chi connectivity index (χ4n) is 2.16. The molecule has 0 spiro atoms. The quantitative estimate of drug-likeness (QED) is 0.741. The predicted octanol–water partition coefficient (Wildman–Crippen LogP) is 3.13. The molecule has 1 heterocycles. The molecule has 0 atom stereocenters. The minimum atomic E-state index is 0.733. The fourth-order valence-corrected chi connectivity index (χ4v) is 2.16. The molecule has 0 aliphatic rings. The molecule has 0 aliphatic carbocycles. The third-order valence-corrected chi connectivity index (χ3v) is 3.21. The Morgan fingerprint density at radius 1 is 1.20 bits per heavy atom. The van der Waals surface area contributed by atoms with E-state index in [1.54, 1.807) is 0 Å². The van der Waals surface area contributed by atoms with Gasteiger partial charge in [0.15, 0.2) is 0 Å². The predicted molar refractivity (Wildman–Crippen MR) is 78.9 cm³/mol. The van der Waals surface area contributed by atoms with Gasteiger partial charge in [0.2, 0.25) is 0 Å². The number of aryl methyl sites for hydroxylation is 2. The molecule has 3 aromatic rings. The fraction of sp³-hybridized carbons (Fsp3) is 0.200. The van der Waals surface area contributed by atoms with Crippen LogP contribution in [0.25, 0.3) is 11.0 Å². The lowest BCUT2D eigenvalue weighted by atomic mass is 10.2. The molecule has 0 amide bonds. The largest absolute Gasteiger partial charge is 0.457 e. The summed E-state index contributed by atoms with van der Waals surface area (Å²) in [6.07, 6.45) is 0.